The van der Waals surface area contributed by atoms with E-state index in [9.17, 15) is 4.79 Å². The van der Waals surface area contributed by atoms with Gasteiger partial charge in [0.05, 0.1) is 18.1 Å². The number of carbonyl (C=O) groups excluding carboxylic acids is 1. The first-order chi connectivity index (χ1) is 13.7. The van der Waals surface area contributed by atoms with Crippen LogP contribution in [-0.4, -0.2) is 54.0 Å². The van der Waals surface area contributed by atoms with Crippen LogP contribution in [0.2, 0.25) is 0 Å². The van der Waals surface area contributed by atoms with Gasteiger partial charge in [-0.25, -0.2) is 9.97 Å². The summed E-state index contributed by atoms with van der Waals surface area (Å²) in [7, 11) is 2.11. The van der Waals surface area contributed by atoms with Crippen LogP contribution in [0.25, 0.3) is 11.1 Å². The number of anilines is 2. The normalized spacial score (nSPS) is 14.7. The molecule has 6 nitrogen and oxygen atoms in total. The van der Waals surface area contributed by atoms with Crippen molar-refractivity contribution < 1.29 is 4.79 Å². The SMILES string of the molecule is CN1CCN(c2ncc(NC(=O)c3ccc(-c4ccccc4)cc3)cn2)CC1. The summed E-state index contributed by atoms with van der Waals surface area (Å²) in [6, 6.07) is 17.7. The molecule has 0 bridgehead atoms. The van der Waals surface area contributed by atoms with Gasteiger partial charge in [0.25, 0.3) is 5.91 Å². The first-order valence-corrected chi connectivity index (χ1v) is 9.41. The minimum absolute atomic E-state index is 0.171. The highest BCUT2D eigenvalue weighted by atomic mass is 16.1. The van der Waals surface area contributed by atoms with E-state index >= 15 is 0 Å². The first-order valence-electron chi connectivity index (χ1n) is 9.41. The molecule has 4 rings (SSSR count). The van der Waals surface area contributed by atoms with Gasteiger partial charge in [0, 0.05) is 31.7 Å². The maximum Gasteiger partial charge on any atom is 0.255 e. The van der Waals surface area contributed by atoms with Crippen LogP contribution < -0.4 is 10.2 Å². The van der Waals surface area contributed by atoms with E-state index < -0.39 is 0 Å². The Morgan fingerprint density at radius 1 is 0.857 bits per heavy atom. The van der Waals surface area contributed by atoms with E-state index in [1.807, 2.05) is 54.6 Å². The molecule has 1 amide bonds. The maximum atomic E-state index is 12.5. The standard InChI is InChI=1S/C22H23N5O/c1-26-11-13-27(14-12-26)22-23-15-20(16-24-22)25-21(28)19-9-7-18(8-10-19)17-5-3-2-4-6-17/h2-10,15-16H,11-14H2,1H3,(H,25,28). The molecule has 28 heavy (non-hydrogen) atoms. The van der Waals surface area contributed by atoms with E-state index in [0.717, 1.165) is 37.3 Å². The molecule has 2 heterocycles. The molecule has 1 aliphatic heterocycles. The highest BCUT2D eigenvalue weighted by Crippen LogP contribution is 2.20. The predicted molar refractivity (Wildman–Crippen MR) is 112 cm³/mol. The Kier molecular flexibility index (Phi) is 5.30. The molecule has 142 valence electrons. The summed E-state index contributed by atoms with van der Waals surface area (Å²) in [5.41, 5.74) is 3.40. The Morgan fingerprint density at radius 3 is 2.11 bits per heavy atom. The summed E-state index contributed by atoms with van der Waals surface area (Å²) in [4.78, 5) is 25.8. The van der Waals surface area contributed by atoms with E-state index in [1.54, 1.807) is 12.4 Å². The number of nitrogens with one attached hydrogen (secondary N) is 1. The highest BCUT2D eigenvalue weighted by Gasteiger charge is 2.16. The van der Waals surface area contributed by atoms with Crippen LogP contribution in [0.4, 0.5) is 11.6 Å². The minimum Gasteiger partial charge on any atom is -0.338 e. The van der Waals surface area contributed by atoms with Gasteiger partial charge < -0.3 is 15.1 Å². The third-order valence-corrected chi connectivity index (χ3v) is 4.94. The lowest BCUT2D eigenvalue weighted by Crippen LogP contribution is -2.45. The summed E-state index contributed by atoms with van der Waals surface area (Å²) >= 11 is 0. The molecule has 1 aliphatic rings. The van der Waals surface area contributed by atoms with Crippen LogP contribution in [0, 0.1) is 0 Å². The largest absolute Gasteiger partial charge is 0.338 e. The van der Waals surface area contributed by atoms with Crippen molar-refractivity contribution in [3.05, 3.63) is 72.6 Å². The summed E-state index contributed by atoms with van der Waals surface area (Å²) in [6.07, 6.45) is 3.33. The first kappa shape index (κ1) is 18.1. The van der Waals surface area contributed by atoms with Crippen molar-refractivity contribution in [2.24, 2.45) is 0 Å². The fraction of sp³-hybridized carbons (Fsp3) is 0.227. The number of nitrogens with zero attached hydrogens (tertiary/aromatic N) is 4. The minimum atomic E-state index is -0.171. The zero-order valence-electron chi connectivity index (χ0n) is 15.9. The molecular weight excluding hydrogens is 350 g/mol. The van der Waals surface area contributed by atoms with Crippen molar-refractivity contribution >= 4 is 17.5 Å². The van der Waals surface area contributed by atoms with Crippen LogP contribution in [-0.2, 0) is 0 Å². The fourth-order valence-electron chi connectivity index (χ4n) is 3.20. The van der Waals surface area contributed by atoms with E-state index in [-0.39, 0.29) is 5.91 Å². The Hall–Kier alpha value is -3.25. The summed E-state index contributed by atoms with van der Waals surface area (Å²) in [5.74, 6) is 0.536. The highest BCUT2D eigenvalue weighted by molar-refractivity contribution is 6.04. The molecule has 6 heteroatoms. The van der Waals surface area contributed by atoms with Gasteiger partial charge in [-0.1, -0.05) is 42.5 Å². The number of rotatable bonds is 4. The lowest BCUT2D eigenvalue weighted by atomic mass is 10.0. The molecule has 1 N–H and O–H groups in total. The van der Waals surface area contributed by atoms with E-state index in [4.69, 9.17) is 0 Å². The molecule has 0 spiro atoms. The lowest BCUT2D eigenvalue weighted by molar-refractivity contribution is 0.102. The van der Waals surface area contributed by atoms with Gasteiger partial charge in [-0.3, -0.25) is 4.79 Å². The van der Waals surface area contributed by atoms with Crippen LogP contribution in [0.5, 0.6) is 0 Å². The molecule has 0 unspecified atom stereocenters. The molecule has 0 atom stereocenters. The van der Waals surface area contributed by atoms with Gasteiger partial charge in [-0.15, -0.1) is 0 Å². The second-order valence-electron chi connectivity index (χ2n) is 6.96. The number of likely N-dealkylation sites (N-methyl/N-ethyl adjacent to an activating group) is 1. The third-order valence-electron chi connectivity index (χ3n) is 4.94. The number of aromatic nitrogens is 2. The fourth-order valence-corrected chi connectivity index (χ4v) is 3.20. The Morgan fingerprint density at radius 2 is 1.46 bits per heavy atom. The molecule has 3 aromatic rings. The van der Waals surface area contributed by atoms with Crippen molar-refractivity contribution in [3.8, 4) is 11.1 Å². The molecule has 0 radical (unpaired) electrons. The van der Waals surface area contributed by atoms with Gasteiger partial charge in [0.15, 0.2) is 0 Å². The van der Waals surface area contributed by atoms with Crippen LogP contribution in [0.3, 0.4) is 0 Å². The van der Waals surface area contributed by atoms with Crippen molar-refractivity contribution in [3.63, 3.8) is 0 Å². The average molecular weight is 373 g/mol. The van der Waals surface area contributed by atoms with Crippen LogP contribution in [0.1, 0.15) is 10.4 Å². The van der Waals surface area contributed by atoms with Crippen molar-refractivity contribution in [1.82, 2.24) is 14.9 Å². The number of benzene rings is 2. The van der Waals surface area contributed by atoms with Crippen molar-refractivity contribution in [1.29, 1.82) is 0 Å². The molecule has 0 aliphatic carbocycles. The van der Waals surface area contributed by atoms with Gasteiger partial charge in [0.1, 0.15) is 0 Å². The number of carbonyl (C=O) groups is 1. The van der Waals surface area contributed by atoms with Gasteiger partial charge in [-0.05, 0) is 30.3 Å². The van der Waals surface area contributed by atoms with Gasteiger partial charge in [-0.2, -0.15) is 0 Å². The van der Waals surface area contributed by atoms with E-state index in [0.29, 0.717) is 17.2 Å². The summed E-state index contributed by atoms with van der Waals surface area (Å²) < 4.78 is 0. The molecule has 1 saturated heterocycles. The quantitative estimate of drug-likeness (QED) is 0.761. The number of hydrogen-bond acceptors (Lipinski definition) is 5. The average Bonchev–Trinajstić information content (AvgIpc) is 2.76. The molecular formula is C22H23N5O. The third kappa shape index (κ3) is 4.18. The smallest absolute Gasteiger partial charge is 0.255 e. The lowest BCUT2D eigenvalue weighted by Gasteiger charge is -2.32. The second-order valence-corrected chi connectivity index (χ2v) is 6.96. The Balaban J connectivity index is 1.39. The zero-order chi connectivity index (χ0) is 19.3. The van der Waals surface area contributed by atoms with E-state index in [2.05, 4.69) is 32.1 Å². The second kappa shape index (κ2) is 8.19. The molecule has 0 saturated carbocycles. The molecule has 2 aromatic carbocycles. The van der Waals surface area contributed by atoms with Gasteiger partial charge in [0.2, 0.25) is 5.95 Å². The number of hydrogen-bond donors (Lipinski definition) is 1. The Labute approximate surface area is 164 Å². The summed E-state index contributed by atoms with van der Waals surface area (Å²) in [6.45, 7) is 3.83. The Bertz CT molecular complexity index is 917. The number of amides is 1. The number of piperazine rings is 1. The van der Waals surface area contributed by atoms with Crippen LogP contribution >= 0.6 is 0 Å². The van der Waals surface area contributed by atoms with Crippen LogP contribution in [0.15, 0.2) is 67.0 Å². The van der Waals surface area contributed by atoms with Gasteiger partial charge >= 0.3 is 0 Å². The molecule has 1 fully saturated rings. The topological polar surface area (TPSA) is 61.4 Å². The monoisotopic (exact) mass is 373 g/mol. The van der Waals surface area contributed by atoms with Crippen molar-refractivity contribution in [2.45, 2.75) is 0 Å². The van der Waals surface area contributed by atoms with E-state index in [1.165, 1.54) is 0 Å². The zero-order valence-corrected chi connectivity index (χ0v) is 15.9. The molecule has 1 aromatic heterocycles. The van der Waals surface area contributed by atoms with Crippen molar-refractivity contribution in [2.75, 3.05) is 43.4 Å². The maximum absolute atomic E-state index is 12.5. The summed E-state index contributed by atoms with van der Waals surface area (Å²) in [5, 5.41) is 2.86. The predicted octanol–water partition coefficient (Wildman–Crippen LogP) is 3.15.